The molecule has 1 aromatic rings. The number of aromatic nitrogens is 1. The largest absolute Gasteiger partial charge is 0.375 e. The van der Waals surface area contributed by atoms with Gasteiger partial charge in [-0.05, 0) is 58.8 Å². The van der Waals surface area contributed by atoms with E-state index in [4.69, 9.17) is 9.26 Å². The van der Waals surface area contributed by atoms with Crippen molar-refractivity contribution in [3.05, 3.63) is 17.0 Å². The third kappa shape index (κ3) is 3.02. The van der Waals surface area contributed by atoms with Crippen LogP contribution in [0.1, 0.15) is 74.9 Å². The van der Waals surface area contributed by atoms with Crippen molar-refractivity contribution < 1.29 is 9.26 Å². The number of hydrogen-bond donors (Lipinski definition) is 1. The van der Waals surface area contributed by atoms with Crippen molar-refractivity contribution in [2.75, 3.05) is 6.61 Å². The molecule has 1 aliphatic carbocycles. The second-order valence-corrected chi connectivity index (χ2v) is 6.77. The third-order valence-electron chi connectivity index (χ3n) is 5.36. The third-order valence-corrected chi connectivity index (χ3v) is 5.36. The second kappa shape index (κ2) is 6.09. The molecule has 118 valence electrons. The number of hydrogen-bond acceptors (Lipinski definition) is 4. The van der Waals surface area contributed by atoms with Crippen LogP contribution in [0, 0.1) is 13.8 Å². The van der Waals surface area contributed by atoms with Crippen LogP contribution in [0.15, 0.2) is 4.52 Å². The fraction of sp³-hybridized carbons (Fsp3) is 0.824. The minimum atomic E-state index is 0.225. The van der Waals surface area contributed by atoms with Crippen molar-refractivity contribution in [3.8, 4) is 0 Å². The Morgan fingerprint density at radius 2 is 2.05 bits per heavy atom. The fourth-order valence-electron chi connectivity index (χ4n) is 4.14. The Balaban J connectivity index is 1.61. The van der Waals surface area contributed by atoms with Crippen LogP contribution in [-0.4, -0.2) is 23.4 Å². The molecule has 2 aliphatic rings. The summed E-state index contributed by atoms with van der Waals surface area (Å²) in [6.07, 6.45) is 8.45. The van der Waals surface area contributed by atoms with Gasteiger partial charge in [0.05, 0.1) is 11.3 Å². The van der Waals surface area contributed by atoms with E-state index in [1.165, 1.54) is 44.1 Å². The lowest BCUT2D eigenvalue weighted by molar-refractivity contribution is -0.0309. The molecule has 4 nitrogen and oxygen atoms in total. The molecule has 1 aliphatic heterocycles. The molecule has 2 fully saturated rings. The second-order valence-electron chi connectivity index (χ2n) is 6.77. The van der Waals surface area contributed by atoms with E-state index in [1.54, 1.807) is 0 Å². The van der Waals surface area contributed by atoms with E-state index < -0.39 is 0 Å². The number of nitrogens with one attached hydrogen (secondary N) is 1. The summed E-state index contributed by atoms with van der Waals surface area (Å²) in [6.45, 7) is 7.25. The summed E-state index contributed by atoms with van der Waals surface area (Å²) >= 11 is 0. The quantitative estimate of drug-likeness (QED) is 0.916. The van der Waals surface area contributed by atoms with Crippen molar-refractivity contribution in [1.82, 2.24) is 10.5 Å². The van der Waals surface area contributed by atoms with Gasteiger partial charge < -0.3 is 14.6 Å². The first-order valence-corrected chi connectivity index (χ1v) is 8.46. The summed E-state index contributed by atoms with van der Waals surface area (Å²) < 4.78 is 11.4. The van der Waals surface area contributed by atoms with Crippen LogP contribution >= 0.6 is 0 Å². The van der Waals surface area contributed by atoms with Gasteiger partial charge in [-0.25, -0.2) is 0 Å². The van der Waals surface area contributed by atoms with Crippen LogP contribution in [-0.2, 0) is 4.74 Å². The molecule has 4 heteroatoms. The van der Waals surface area contributed by atoms with Gasteiger partial charge in [0.25, 0.3) is 0 Å². The molecule has 1 saturated carbocycles. The molecule has 1 N–H and O–H groups in total. The Hall–Kier alpha value is -0.870. The molecule has 1 saturated heterocycles. The standard InChI is InChI=1S/C17H28N2O2/c1-4-15(16-12(2)19-21-13(16)3)18-14-6-9-17(10-7-14)8-5-11-20-17/h14-15,18H,4-11H2,1-3H3. The first-order valence-electron chi connectivity index (χ1n) is 8.46. The van der Waals surface area contributed by atoms with Crippen molar-refractivity contribution in [1.29, 1.82) is 0 Å². The van der Waals surface area contributed by atoms with Gasteiger partial charge in [0.15, 0.2) is 0 Å². The Bertz CT molecular complexity index is 448. The molecule has 0 amide bonds. The topological polar surface area (TPSA) is 47.3 Å². The average molecular weight is 292 g/mol. The number of aryl methyl sites for hydroxylation is 2. The smallest absolute Gasteiger partial charge is 0.138 e. The van der Waals surface area contributed by atoms with E-state index in [0.717, 1.165) is 24.5 Å². The van der Waals surface area contributed by atoms with Gasteiger partial charge in [-0.1, -0.05) is 12.1 Å². The highest BCUT2D eigenvalue weighted by Gasteiger charge is 2.39. The zero-order valence-corrected chi connectivity index (χ0v) is 13.6. The lowest BCUT2D eigenvalue weighted by atomic mass is 9.80. The number of rotatable bonds is 4. The summed E-state index contributed by atoms with van der Waals surface area (Å²) in [5.41, 5.74) is 2.51. The average Bonchev–Trinajstić information content (AvgIpc) is 3.07. The van der Waals surface area contributed by atoms with Gasteiger partial charge in [0.1, 0.15) is 5.76 Å². The van der Waals surface area contributed by atoms with E-state index >= 15 is 0 Å². The van der Waals surface area contributed by atoms with Crippen LogP contribution in [0.2, 0.25) is 0 Å². The molecule has 3 rings (SSSR count). The van der Waals surface area contributed by atoms with Crippen LogP contribution < -0.4 is 5.32 Å². The molecule has 0 radical (unpaired) electrons. The summed E-state index contributed by atoms with van der Waals surface area (Å²) in [6, 6.07) is 0.957. The van der Waals surface area contributed by atoms with Crippen LogP contribution in [0.4, 0.5) is 0 Å². The lowest BCUT2D eigenvalue weighted by Crippen LogP contribution is -2.42. The summed E-state index contributed by atoms with van der Waals surface area (Å²) in [5.74, 6) is 0.957. The Kier molecular flexibility index (Phi) is 4.36. The summed E-state index contributed by atoms with van der Waals surface area (Å²) in [5, 5.41) is 7.94. The molecule has 2 heterocycles. The van der Waals surface area contributed by atoms with Crippen LogP contribution in [0.5, 0.6) is 0 Å². The molecule has 1 atom stereocenters. The maximum absolute atomic E-state index is 6.02. The van der Waals surface area contributed by atoms with Gasteiger partial charge in [-0.3, -0.25) is 0 Å². The maximum atomic E-state index is 6.02. The minimum Gasteiger partial charge on any atom is -0.375 e. The predicted molar refractivity (Wildman–Crippen MR) is 82.3 cm³/mol. The predicted octanol–water partition coefficient (Wildman–Crippen LogP) is 3.82. The van der Waals surface area contributed by atoms with Crippen LogP contribution in [0.25, 0.3) is 0 Å². The van der Waals surface area contributed by atoms with E-state index in [1.807, 2.05) is 13.8 Å². The van der Waals surface area contributed by atoms with Gasteiger partial charge in [0, 0.05) is 24.3 Å². The van der Waals surface area contributed by atoms with Crippen molar-refractivity contribution in [2.45, 2.75) is 83.4 Å². The number of nitrogens with zero attached hydrogens (tertiary/aromatic N) is 1. The van der Waals surface area contributed by atoms with Gasteiger partial charge in [0.2, 0.25) is 0 Å². The molecule has 0 bridgehead atoms. The fourth-order valence-corrected chi connectivity index (χ4v) is 4.14. The highest BCUT2D eigenvalue weighted by Crippen LogP contribution is 2.40. The van der Waals surface area contributed by atoms with Crippen molar-refractivity contribution in [2.24, 2.45) is 0 Å². The van der Waals surface area contributed by atoms with Gasteiger partial charge >= 0.3 is 0 Å². The molecule has 0 aromatic carbocycles. The summed E-state index contributed by atoms with van der Waals surface area (Å²) in [4.78, 5) is 0. The van der Waals surface area contributed by atoms with E-state index in [0.29, 0.717) is 12.1 Å². The lowest BCUT2D eigenvalue weighted by Gasteiger charge is -2.38. The van der Waals surface area contributed by atoms with E-state index in [9.17, 15) is 0 Å². The highest BCUT2D eigenvalue weighted by atomic mass is 16.5. The number of ether oxygens (including phenoxy) is 1. The van der Waals surface area contributed by atoms with Gasteiger partial charge in [-0.2, -0.15) is 0 Å². The Morgan fingerprint density at radius 1 is 1.29 bits per heavy atom. The molecule has 1 spiro atoms. The normalized spacial score (nSPS) is 30.9. The minimum absolute atomic E-state index is 0.225. The molecular formula is C17H28N2O2. The van der Waals surface area contributed by atoms with Crippen molar-refractivity contribution >= 4 is 0 Å². The van der Waals surface area contributed by atoms with Gasteiger partial charge in [-0.15, -0.1) is 0 Å². The summed E-state index contributed by atoms with van der Waals surface area (Å²) in [7, 11) is 0. The van der Waals surface area contributed by atoms with Crippen molar-refractivity contribution in [3.63, 3.8) is 0 Å². The van der Waals surface area contributed by atoms with E-state index in [-0.39, 0.29) is 5.60 Å². The zero-order chi connectivity index (χ0) is 14.9. The molecular weight excluding hydrogens is 264 g/mol. The van der Waals surface area contributed by atoms with Crippen LogP contribution in [0.3, 0.4) is 0 Å². The first kappa shape index (κ1) is 15.0. The first-order chi connectivity index (χ1) is 10.1. The van der Waals surface area contributed by atoms with E-state index in [2.05, 4.69) is 17.4 Å². The monoisotopic (exact) mass is 292 g/mol. The SMILES string of the molecule is CCC(NC1CCC2(CCCO2)CC1)c1c(C)noc1C. The zero-order valence-electron chi connectivity index (χ0n) is 13.6. The molecule has 1 aromatic heterocycles. The molecule has 1 unspecified atom stereocenters. The Morgan fingerprint density at radius 3 is 2.57 bits per heavy atom. The highest BCUT2D eigenvalue weighted by molar-refractivity contribution is 5.25. The maximum Gasteiger partial charge on any atom is 0.138 e. The molecule has 21 heavy (non-hydrogen) atoms. The Labute approximate surface area is 127 Å².